The fraction of sp³-hybridized carbons (Fsp3) is 0.611. The molecule has 1 unspecified atom stereocenters. The Morgan fingerprint density at radius 3 is 2.32 bits per heavy atom. The second kappa shape index (κ2) is 6.29. The van der Waals surface area contributed by atoms with E-state index >= 15 is 0 Å². The van der Waals surface area contributed by atoms with Gasteiger partial charge in [0, 0.05) is 25.3 Å². The van der Waals surface area contributed by atoms with Gasteiger partial charge < -0.3 is 9.47 Å². The predicted octanol–water partition coefficient (Wildman–Crippen LogP) is 3.67. The van der Waals surface area contributed by atoms with Gasteiger partial charge in [-0.25, -0.2) is 4.79 Å². The van der Waals surface area contributed by atoms with Crippen molar-refractivity contribution < 1.29 is 27.4 Å². The quantitative estimate of drug-likeness (QED) is 0.841. The van der Waals surface area contributed by atoms with Crippen LogP contribution in [0.4, 0.5) is 13.2 Å². The highest BCUT2D eigenvalue weighted by Crippen LogP contribution is 2.47. The summed E-state index contributed by atoms with van der Waals surface area (Å²) in [5.74, 6) is -1.24. The molecule has 0 bridgehead atoms. The lowest BCUT2D eigenvalue weighted by atomic mass is 9.84. The molecule has 4 nitrogen and oxygen atoms in total. The largest absolute Gasteiger partial charge is 0.490 e. The number of rotatable bonds is 3. The number of nitrogens with one attached hydrogen (secondary N) is 1. The first-order chi connectivity index (χ1) is 11.9. The maximum absolute atomic E-state index is 12.5. The van der Waals surface area contributed by atoms with Gasteiger partial charge in [0.1, 0.15) is 0 Å². The minimum Gasteiger partial charge on any atom is -0.436 e. The molecule has 136 valence electrons. The molecule has 1 aromatic rings. The third-order valence-corrected chi connectivity index (χ3v) is 5.24. The van der Waals surface area contributed by atoms with E-state index in [0.717, 1.165) is 31.2 Å². The predicted molar refractivity (Wildman–Crippen MR) is 82.9 cm³/mol. The van der Waals surface area contributed by atoms with Gasteiger partial charge in [-0.15, -0.1) is 0 Å². The van der Waals surface area contributed by atoms with Crippen LogP contribution in [0.1, 0.15) is 66.0 Å². The summed E-state index contributed by atoms with van der Waals surface area (Å²) in [6.45, 7) is 1.83. The summed E-state index contributed by atoms with van der Waals surface area (Å²) in [5, 5.41) is 2.87. The molecule has 7 heteroatoms. The van der Waals surface area contributed by atoms with Crippen molar-refractivity contribution in [2.24, 2.45) is 0 Å². The molecule has 3 aliphatic rings. The molecule has 1 aliphatic carbocycles. The van der Waals surface area contributed by atoms with Gasteiger partial charge in [0.15, 0.2) is 6.23 Å². The highest BCUT2D eigenvalue weighted by molar-refractivity contribution is 5.76. The molecule has 0 spiro atoms. The summed E-state index contributed by atoms with van der Waals surface area (Å²) in [7, 11) is 0. The van der Waals surface area contributed by atoms with E-state index in [1.807, 2.05) is 6.07 Å². The Balaban J connectivity index is 1.64. The Morgan fingerprint density at radius 1 is 1.04 bits per heavy atom. The number of carbonyl (C=O) groups is 1. The fourth-order valence-corrected chi connectivity index (χ4v) is 3.80. The number of ether oxygens (including phenoxy) is 2. The average molecular weight is 355 g/mol. The van der Waals surface area contributed by atoms with Gasteiger partial charge in [-0.05, 0) is 60.3 Å². The second-order valence-corrected chi connectivity index (χ2v) is 7.00. The van der Waals surface area contributed by atoms with Crippen LogP contribution in [0.3, 0.4) is 0 Å². The summed E-state index contributed by atoms with van der Waals surface area (Å²) in [6, 6.07) is 4.07. The molecule has 4 rings (SSSR count). The maximum Gasteiger partial charge on any atom is 0.490 e. The first-order valence-corrected chi connectivity index (χ1v) is 8.69. The standard InChI is InChI=1S/C18H20F3NO3/c19-18(20,21)17(23)25-16-15-8-14(11-3-5-24-6-4-11)13(10-1-2-10)7-12(15)9-22-16/h7-8,10-11,16,22H,1-6,9H2. The van der Waals surface area contributed by atoms with Crippen molar-refractivity contribution in [3.63, 3.8) is 0 Å². The minimum absolute atomic E-state index is 0.356. The van der Waals surface area contributed by atoms with Crippen LogP contribution < -0.4 is 5.32 Å². The minimum atomic E-state index is -4.98. The number of halogens is 3. The van der Waals surface area contributed by atoms with Gasteiger partial charge in [-0.3, -0.25) is 5.32 Å². The molecule has 2 fully saturated rings. The molecule has 0 radical (unpaired) electrons. The van der Waals surface area contributed by atoms with Crippen LogP contribution in [0.15, 0.2) is 12.1 Å². The van der Waals surface area contributed by atoms with Crippen LogP contribution in [0.5, 0.6) is 0 Å². The Morgan fingerprint density at radius 2 is 1.68 bits per heavy atom. The normalized spacial score (nSPS) is 24.2. The van der Waals surface area contributed by atoms with Crippen molar-refractivity contribution in [1.82, 2.24) is 5.32 Å². The lowest BCUT2D eigenvalue weighted by Gasteiger charge is -2.26. The van der Waals surface area contributed by atoms with E-state index < -0.39 is 18.4 Å². The van der Waals surface area contributed by atoms with Crippen LogP contribution in [0, 0.1) is 0 Å². The van der Waals surface area contributed by atoms with E-state index in [9.17, 15) is 18.0 Å². The summed E-state index contributed by atoms with van der Waals surface area (Å²) in [6.07, 6.45) is -1.86. The Kier molecular flexibility index (Phi) is 4.24. The van der Waals surface area contributed by atoms with E-state index in [-0.39, 0.29) is 0 Å². The Labute approximate surface area is 143 Å². The topological polar surface area (TPSA) is 47.6 Å². The van der Waals surface area contributed by atoms with E-state index in [1.165, 1.54) is 11.1 Å². The summed E-state index contributed by atoms with van der Waals surface area (Å²) in [5.41, 5.74) is 4.10. The molecule has 0 aromatic heterocycles. The highest BCUT2D eigenvalue weighted by Gasteiger charge is 2.43. The number of esters is 1. The van der Waals surface area contributed by atoms with Crippen molar-refractivity contribution in [2.45, 2.75) is 56.5 Å². The van der Waals surface area contributed by atoms with E-state index in [1.54, 1.807) is 0 Å². The summed E-state index contributed by atoms with van der Waals surface area (Å²) >= 11 is 0. The molecule has 0 amide bonds. The summed E-state index contributed by atoms with van der Waals surface area (Å²) in [4.78, 5) is 11.2. The molecular weight excluding hydrogens is 335 g/mol. The van der Waals surface area contributed by atoms with E-state index in [0.29, 0.717) is 37.2 Å². The van der Waals surface area contributed by atoms with Gasteiger partial charge in [-0.2, -0.15) is 13.2 Å². The number of alkyl halides is 3. The summed E-state index contributed by atoms with van der Waals surface area (Å²) < 4.78 is 47.6. The van der Waals surface area contributed by atoms with Crippen LogP contribution in [0.2, 0.25) is 0 Å². The number of hydrogen-bond donors (Lipinski definition) is 1. The van der Waals surface area contributed by atoms with Crippen LogP contribution in [-0.2, 0) is 20.8 Å². The van der Waals surface area contributed by atoms with Crippen LogP contribution in [-0.4, -0.2) is 25.4 Å². The monoisotopic (exact) mass is 355 g/mol. The first-order valence-electron chi connectivity index (χ1n) is 8.69. The van der Waals surface area contributed by atoms with Crippen LogP contribution >= 0.6 is 0 Å². The van der Waals surface area contributed by atoms with Gasteiger partial charge in [-0.1, -0.05) is 6.07 Å². The zero-order chi connectivity index (χ0) is 17.6. The number of hydrogen-bond acceptors (Lipinski definition) is 4. The SMILES string of the molecule is O=C(OC1NCc2cc(C3CC3)c(C3CCOCC3)cc21)C(F)(F)F. The van der Waals surface area contributed by atoms with Crippen molar-refractivity contribution in [3.05, 3.63) is 34.4 Å². The molecule has 25 heavy (non-hydrogen) atoms. The Hall–Kier alpha value is -1.60. The molecule has 2 heterocycles. The smallest absolute Gasteiger partial charge is 0.436 e. The lowest BCUT2D eigenvalue weighted by Crippen LogP contribution is -2.30. The number of carbonyl (C=O) groups excluding carboxylic acids is 1. The molecular formula is C18H20F3NO3. The molecule has 1 saturated heterocycles. The van der Waals surface area contributed by atoms with Gasteiger partial charge in [0.2, 0.25) is 0 Å². The van der Waals surface area contributed by atoms with Gasteiger partial charge >= 0.3 is 12.1 Å². The van der Waals surface area contributed by atoms with Gasteiger partial charge in [0.25, 0.3) is 0 Å². The second-order valence-electron chi connectivity index (χ2n) is 7.00. The molecule has 1 aromatic carbocycles. The maximum atomic E-state index is 12.5. The van der Waals surface area contributed by atoms with Crippen LogP contribution in [0.25, 0.3) is 0 Å². The molecule has 2 aliphatic heterocycles. The zero-order valence-corrected chi connectivity index (χ0v) is 13.7. The molecule has 1 N–H and O–H groups in total. The van der Waals surface area contributed by atoms with E-state index in [2.05, 4.69) is 16.1 Å². The average Bonchev–Trinajstić information content (AvgIpc) is 3.36. The Bertz CT molecular complexity index is 679. The lowest BCUT2D eigenvalue weighted by molar-refractivity contribution is -0.206. The fourth-order valence-electron chi connectivity index (χ4n) is 3.80. The van der Waals surface area contributed by atoms with E-state index in [4.69, 9.17) is 4.74 Å². The highest BCUT2D eigenvalue weighted by atomic mass is 19.4. The zero-order valence-electron chi connectivity index (χ0n) is 13.7. The van der Waals surface area contributed by atoms with Crippen molar-refractivity contribution in [3.8, 4) is 0 Å². The molecule has 1 atom stereocenters. The molecule has 1 saturated carbocycles. The van der Waals surface area contributed by atoms with Crippen molar-refractivity contribution in [2.75, 3.05) is 13.2 Å². The first kappa shape index (κ1) is 16.8. The number of benzene rings is 1. The van der Waals surface area contributed by atoms with Crippen molar-refractivity contribution >= 4 is 5.97 Å². The number of fused-ring (bicyclic) bond motifs is 1. The third kappa shape index (κ3) is 3.40. The van der Waals surface area contributed by atoms with Gasteiger partial charge in [0.05, 0.1) is 0 Å². The third-order valence-electron chi connectivity index (χ3n) is 5.24. The van der Waals surface area contributed by atoms with Crippen molar-refractivity contribution in [1.29, 1.82) is 0 Å².